The molecule has 1 amide bonds. The van der Waals surface area contributed by atoms with Crippen molar-refractivity contribution < 1.29 is 9.53 Å². The summed E-state index contributed by atoms with van der Waals surface area (Å²) in [6.07, 6.45) is 7.78. The lowest BCUT2D eigenvalue weighted by molar-refractivity contribution is -0.133. The topological polar surface area (TPSA) is 50.6 Å². The number of ether oxygens (including phenoxy) is 1. The van der Waals surface area contributed by atoms with Gasteiger partial charge in [-0.25, -0.2) is 0 Å². The Bertz CT molecular complexity index is 552. The van der Waals surface area contributed by atoms with Crippen LogP contribution in [0.15, 0.2) is 12.4 Å². The Morgan fingerprint density at radius 1 is 1.27 bits per heavy atom. The molecule has 0 bridgehead atoms. The second kappa shape index (κ2) is 5.66. The number of hydrogen-bond donors (Lipinski definition) is 0. The third kappa shape index (κ3) is 2.44. The van der Waals surface area contributed by atoms with Gasteiger partial charge in [-0.05, 0) is 19.3 Å². The fourth-order valence-corrected chi connectivity index (χ4v) is 4.38. The van der Waals surface area contributed by atoms with Gasteiger partial charge < -0.3 is 9.64 Å². The Hall–Kier alpha value is -1.40. The second-order valence-electron chi connectivity index (χ2n) is 6.76. The minimum absolute atomic E-state index is 0.345. The lowest BCUT2D eigenvalue weighted by Crippen LogP contribution is -2.46. The summed E-state index contributed by atoms with van der Waals surface area (Å²) in [5, 5.41) is 4.25. The van der Waals surface area contributed by atoms with E-state index in [-0.39, 0.29) is 0 Å². The molecule has 6 heteroatoms. The van der Waals surface area contributed by atoms with Gasteiger partial charge in [-0.1, -0.05) is 0 Å². The fraction of sp³-hybridized carbons (Fsp3) is 0.750. The molecule has 0 aromatic carbocycles. The van der Waals surface area contributed by atoms with Crippen LogP contribution in [0.1, 0.15) is 31.2 Å². The molecule has 3 aliphatic rings. The molecule has 0 N–H and O–H groups in total. The van der Waals surface area contributed by atoms with Crippen LogP contribution in [-0.4, -0.2) is 63.4 Å². The van der Waals surface area contributed by atoms with Crippen molar-refractivity contribution in [2.75, 3.05) is 19.8 Å². The predicted molar refractivity (Wildman–Crippen MR) is 81.1 cm³/mol. The molecule has 0 aliphatic carbocycles. The summed E-state index contributed by atoms with van der Waals surface area (Å²) < 4.78 is 7.29. The summed E-state index contributed by atoms with van der Waals surface area (Å²) >= 11 is 0. The molecule has 0 radical (unpaired) electrons. The standard InChI is InChI=1S/C16H24N4O2/c1-18-10-12(9-17-18)11-19-5-2-14-15(19)8-16(21)20(14)13-3-6-22-7-4-13/h9-10,13-15H,2-8,11H2,1H3/t14-,15-/m0/s1. The number of aryl methyl sites for hydroxylation is 1. The van der Waals surface area contributed by atoms with Crippen molar-refractivity contribution >= 4 is 5.91 Å². The molecule has 6 nitrogen and oxygen atoms in total. The van der Waals surface area contributed by atoms with E-state index in [1.165, 1.54) is 5.56 Å². The molecule has 120 valence electrons. The van der Waals surface area contributed by atoms with Crippen LogP contribution >= 0.6 is 0 Å². The van der Waals surface area contributed by atoms with E-state index in [1.54, 1.807) is 0 Å². The highest BCUT2D eigenvalue weighted by Gasteiger charge is 2.48. The van der Waals surface area contributed by atoms with E-state index in [0.717, 1.165) is 45.6 Å². The first-order chi connectivity index (χ1) is 10.7. The number of amides is 1. The van der Waals surface area contributed by atoms with Crippen LogP contribution in [0.25, 0.3) is 0 Å². The van der Waals surface area contributed by atoms with E-state index in [4.69, 9.17) is 4.74 Å². The quantitative estimate of drug-likeness (QED) is 0.828. The zero-order chi connectivity index (χ0) is 15.1. The van der Waals surface area contributed by atoms with Gasteiger partial charge in [0.05, 0.1) is 6.20 Å². The van der Waals surface area contributed by atoms with Gasteiger partial charge in [-0.15, -0.1) is 0 Å². The van der Waals surface area contributed by atoms with Crippen LogP contribution in [0.3, 0.4) is 0 Å². The molecule has 0 unspecified atom stereocenters. The summed E-state index contributed by atoms with van der Waals surface area (Å²) in [5.74, 6) is 0.345. The van der Waals surface area contributed by atoms with Gasteiger partial charge in [0.2, 0.25) is 5.91 Å². The van der Waals surface area contributed by atoms with Crippen LogP contribution in [0.2, 0.25) is 0 Å². The average molecular weight is 304 g/mol. The lowest BCUT2D eigenvalue weighted by atomic mass is 10.0. The van der Waals surface area contributed by atoms with Crippen LogP contribution in [0.4, 0.5) is 0 Å². The zero-order valence-corrected chi connectivity index (χ0v) is 13.1. The molecule has 3 saturated heterocycles. The Kier molecular flexibility index (Phi) is 3.66. The first-order valence-electron chi connectivity index (χ1n) is 8.33. The minimum atomic E-state index is 0.345. The highest BCUT2D eigenvalue weighted by Crippen LogP contribution is 2.36. The third-order valence-corrected chi connectivity index (χ3v) is 5.38. The number of fused-ring (bicyclic) bond motifs is 1. The minimum Gasteiger partial charge on any atom is -0.381 e. The Morgan fingerprint density at radius 2 is 2.09 bits per heavy atom. The van der Waals surface area contributed by atoms with E-state index in [2.05, 4.69) is 21.1 Å². The van der Waals surface area contributed by atoms with Crippen molar-refractivity contribution in [3.63, 3.8) is 0 Å². The van der Waals surface area contributed by atoms with Gasteiger partial charge in [0.25, 0.3) is 0 Å². The molecule has 4 rings (SSSR count). The number of carbonyl (C=O) groups is 1. The summed E-state index contributed by atoms with van der Waals surface area (Å²) in [7, 11) is 1.95. The van der Waals surface area contributed by atoms with Crippen molar-refractivity contribution in [1.82, 2.24) is 19.6 Å². The normalized spacial score (nSPS) is 30.2. The van der Waals surface area contributed by atoms with Gasteiger partial charge in [0.15, 0.2) is 0 Å². The van der Waals surface area contributed by atoms with Gasteiger partial charge >= 0.3 is 0 Å². The van der Waals surface area contributed by atoms with Crippen molar-refractivity contribution in [1.29, 1.82) is 0 Å². The maximum atomic E-state index is 12.5. The van der Waals surface area contributed by atoms with E-state index in [9.17, 15) is 4.79 Å². The summed E-state index contributed by atoms with van der Waals surface area (Å²) in [4.78, 5) is 17.2. The predicted octanol–water partition coefficient (Wildman–Crippen LogP) is 0.774. The Labute approximate surface area is 131 Å². The van der Waals surface area contributed by atoms with E-state index < -0.39 is 0 Å². The van der Waals surface area contributed by atoms with Gasteiger partial charge in [-0.3, -0.25) is 14.4 Å². The van der Waals surface area contributed by atoms with Crippen LogP contribution in [0, 0.1) is 0 Å². The molecule has 2 atom stereocenters. The van der Waals surface area contributed by atoms with Crippen LogP contribution < -0.4 is 0 Å². The molecule has 22 heavy (non-hydrogen) atoms. The van der Waals surface area contributed by atoms with Gasteiger partial charge in [-0.2, -0.15) is 5.10 Å². The van der Waals surface area contributed by atoms with E-state index >= 15 is 0 Å². The number of carbonyl (C=O) groups excluding carboxylic acids is 1. The highest BCUT2D eigenvalue weighted by atomic mass is 16.5. The van der Waals surface area contributed by atoms with Crippen molar-refractivity contribution in [3.8, 4) is 0 Å². The second-order valence-corrected chi connectivity index (χ2v) is 6.76. The SMILES string of the molecule is Cn1cc(CN2CC[C@H]3[C@@H]2CC(=O)N3C2CCOCC2)cn1. The molecule has 0 spiro atoms. The summed E-state index contributed by atoms with van der Waals surface area (Å²) in [6, 6.07) is 1.19. The lowest BCUT2D eigenvalue weighted by Gasteiger charge is -2.35. The van der Waals surface area contributed by atoms with Crippen LogP contribution in [-0.2, 0) is 23.1 Å². The Morgan fingerprint density at radius 3 is 2.82 bits per heavy atom. The number of likely N-dealkylation sites (tertiary alicyclic amines) is 2. The number of rotatable bonds is 3. The maximum Gasteiger partial charge on any atom is 0.224 e. The highest BCUT2D eigenvalue weighted by molar-refractivity contribution is 5.80. The average Bonchev–Trinajstić information content (AvgIpc) is 3.17. The summed E-state index contributed by atoms with van der Waals surface area (Å²) in [5.41, 5.74) is 1.24. The van der Waals surface area contributed by atoms with Crippen LogP contribution in [0.5, 0.6) is 0 Å². The zero-order valence-electron chi connectivity index (χ0n) is 13.1. The van der Waals surface area contributed by atoms with E-state index in [1.807, 2.05) is 17.9 Å². The third-order valence-electron chi connectivity index (χ3n) is 5.38. The van der Waals surface area contributed by atoms with Crippen molar-refractivity contribution in [2.24, 2.45) is 7.05 Å². The maximum absolute atomic E-state index is 12.5. The largest absolute Gasteiger partial charge is 0.381 e. The monoisotopic (exact) mass is 304 g/mol. The van der Waals surface area contributed by atoms with Gasteiger partial charge in [0.1, 0.15) is 0 Å². The molecule has 3 fully saturated rings. The number of hydrogen-bond acceptors (Lipinski definition) is 4. The molecule has 3 aliphatic heterocycles. The smallest absolute Gasteiger partial charge is 0.224 e. The summed E-state index contributed by atoms with van der Waals surface area (Å²) in [6.45, 7) is 3.58. The Balaban J connectivity index is 1.46. The van der Waals surface area contributed by atoms with Gasteiger partial charge in [0, 0.05) is 69.7 Å². The number of nitrogens with zero attached hydrogens (tertiary/aromatic N) is 4. The van der Waals surface area contributed by atoms with E-state index in [0.29, 0.717) is 30.5 Å². The molecule has 1 aromatic rings. The molecule has 0 saturated carbocycles. The first kappa shape index (κ1) is 14.2. The first-order valence-corrected chi connectivity index (χ1v) is 8.33. The van der Waals surface area contributed by atoms with Crippen molar-refractivity contribution in [3.05, 3.63) is 18.0 Å². The molecule has 1 aromatic heterocycles. The van der Waals surface area contributed by atoms with Crippen molar-refractivity contribution in [2.45, 2.75) is 50.4 Å². The molecule has 4 heterocycles. The molecular weight excluding hydrogens is 280 g/mol. The number of aromatic nitrogens is 2. The fourth-order valence-electron chi connectivity index (χ4n) is 4.38. The molecular formula is C16H24N4O2.